The molecule has 0 saturated carbocycles. The Labute approximate surface area is 140 Å². The molecule has 6 N–H and O–H groups in total. The monoisotopic (exact) mass is 318 g/mol. The summed E-state index contributed by atoms with van der Waals surface area (Å²) in [5.74, 6) is 1.59. The Bertz CT molecular complexity index is 911. The highest BCUT2D eigenvalue weighted by molar-refractivity contribution is 5.89. The van der Waals surface area contributed by atoms with Crippen LogP contribution in [0.3, 0.4) is 0 Å². The van der Waals surface area contributed by atoms with Gasteiger partial charge < -0.3 is 21.4 Å². The van der Waals surface area contributed by atoms with Gasteiger partial charge in [0.1, 0.15) is 11.6 Å². The first kappa shape index (κ1) is 14.7. The summed E-state index contributed by atoms with van der Waals surface area (Å²) >= 11 is 0. The summed E-state index contributed by atoms with van der Waals surface area (Å²) < 4.78 is 0. The van der Waals surface area contributed by atoms with Crippen molar-refractivity contribution in [2.24, 2.45) is 0 Å². The number of aromatic nitrogens is 2. The summed E-state index contributed by atoms with van der Waals surface area (Å²) in [6.07, 6.45) is 4.15. The fraction of sp³-hybridized carbons (Fsp3) is 0.200. The van der Waals surface area contributed by atoms with Crippen molar-refractivity contribution >= 4 is 33.4 Å². The first-order valence-electron chi connectivity index (χ1n) is 8.44. The Kier molecular flexibility index (Phi) is 3.65. The average Bonchev–Trinajstić information content (AvgIpc) is 3.08. The number of nitrogens with one attached hydrogen (secondary N) is 2. The highest BCUT2D eigenvalue weighted by Crippen LogP contribution is 2.28. The van der Waals surface area contributed by atoms with Crippen LogP contribution in [0.2, 0.25) is 0 Å². The zero-order valence-corrected chi connectivity index (χ0v) is 13.6. The molecule has 0 saturated heterocycles. The third kappa shape index (κ3) is 2.50. The molecule has 0 unspecified atom stereocenters. The van der Waals surface area contributed by atoms with E-state index in [0.29, 0.717) is 0 Å². The summed E-state index contributed by atoms with van der Waals surface area (Å²) in [7, 11) is 0. The first-order valence-corrected chi connectivity index (χ1v) is 8.44. The predicted octanol–water partition coefficient (Wildman–Crippen LogP) is 4.38. The summed E-state index contributed by atoms with van der Waals surface area (Å²) in [5, 5.41) is 2.48. The van der Waals surface area contributed by atoms with Gasteiger partial charge in [-0.1, -0.05) is 36.4 Å². The van der Waals surface area contributed by atoms with Crippen LogP contribution in [0.15, 0.2) is 48.5 Å². The van der Waals surface area contributed by atoms with E-state index >= 15 is 0 Å². The number of nitrogen functional groups attached to an aromatic ring is 2. The molecular formula is C20H22N4. The van der Waals surface area contributed by atoms with Gasteiger partial charge in [0, 0.05) is 32.9 Å². The molecule has 2 heterocycles. The molecule has 0 aliphatic heterocycles. The lowest BCUT2D eigenvalue weighted by Crippen LogP contribution is -1.95. The molecule has 4 nitrogen and oxygen atoms in total. The van der Waals surface area contributed by atoms with Crippen LogP contribution in [0.5, 0.6) is 0 Å². The van der Waals surface area contributed by atoms with E-state index in [9.17, 15) is 0 Å². The number of anilines is 2. The number of benzene rings is 2. The van der Waals surface area contributed by atoms with Gasteiger partial charge in [-0.05, 0) is 37.8 Å². The van der Waals surface area contributed by atoms with Gasteiger partial charge in [0.2, 0.25) is 0 Å². The van der Waals surface area contributed by atoms with E-state index in [-0.39, 0.29) is 0 Å². The number of H-pyrrole nitrogens is 2. The number of para-hydroxylation sites is 2. The molecule has 0 aliphatic rings. The number of nitrogens with two attached hydrogens (primary N) is 2. The summed E-state index contributed by atoms with van der Waals surface area (Å²) in [6, 6.07) is 16.6. The van der Waals surface area contributed by atoms with Crippen LogP contribution >= 0.6 is 0 Å². The van der Waals surface area contributed by atoms with Gasteiger partial charge in [-0.15, -0.1) is 0 Å². The van der Waals surface area contributed by atoms with Crippen molar-refractivity contribution in [1.29, 1.82) is 0 Å². The number of aryl methyl sites for hydroxylation is 2. The summed E-state index contributed by atoms with van der Waals surface area (Å²) in [6.45, 7) is 0. The second kappa shape index (κ2) is 5.96. The lowest BCUT2D eigenvalue weighted by molar-refractivity contribution is 0.741. The molecule has 4 heteroatoms. The van der Waals surface area contributed by atoms with Gasteiger partial charge in [0.05, 0.1) is 0 Å². The zero-order valence-electron chi connectivity index (χ0n) is 13.6. The van der Waals surface area contributed by atoms with Crippen LogP contribution in [0, 0.1) is 0 Å². The molecule has 0 atom stereocenters. The number of aromatic amines is 2. The summed E-state index contributed by atoms with van der Waals surface area (Å²) in [4.78, 5) is 6.54. The average molecular weight is 318 g/mol. The minimum Gasteiger partial charge on any atom is -0.385 e. The number of hydrogen-bond acceptors (Lipinski definition) is 2. The van der Waals surface area contributed by atoms with Crippen molar-refractivity contribution in [3.8, 4) is 0 Å². The normalized spacial score (nSPS) is 11.5. The van der Waals surface area contributed by atoms with Crippen LogP contribution in [0.25, 0.3) is 21.8 Å². The van der Waals surface area contributed by atoms with Crippen molar-refractivity contribution in [2.75, 3.05) is 11.5 Å². The van der Waals surface area contributed by atoms with Crippen LogP contribution in [0.4, 0.5) is 11.6 Å². The van der Waals surface area contributed by atoms with E-state index in [1.54, 1.807) is 0 Å². The SMILES string of the molecule is Nc1[nH]c2ccccc2c1CCCCc1c(N)[nH]c2ccccc12. The van der Waals surface area contributed by atoms with Gasteiger partial charge >= 0.3 is 0 Å². The number of fused-ring (bicyclic) bond motifs is 2. The number of rotatable bonds is 5. The second-order valence-electron chi connectivity index (χ2n) is 6.33. The third-order valence-electron chi connectivity index (χ3n) is 4.80. The van der Waals surface area contributed by atoms with Gasteiger partial charge in [0.15, 0.2) is 0 Å². The number of hydrogen-bond donors (Lipinski definition) is 4. The Balaban J connectivity index is 1.46. The molecule has 0 spiro atoms. The number of unbranched alkanes of at least 4 members (excludes halogenated alkanes) is 1. The molecule has 0 amide bonds. The fourth-order valence-corrected chi connectivity index (χ4v) is 3.58. The van der Waals surface area contributed by atoms with Crippen LogP contribution in [-0.2, 0) is 12.8 Å². The molecule has 4 rings (SSSR count). The largest absolute Gasteiger partial charge is 0.385 e. The Hall–Kier alpha value is -2.88. The molecule has 0 aliphatic carbocycles. The van der Waals surface area contributed by atoms with Crippen molar-refractivity contribution in [2.45, 2.75) is 25.7 Å². The van der Waals surface area contributed by atoms with Gasteiger partial charge in [-0.25, -0.2) is 0 Å². The van der Waals surface area contributed by atoms with Crippen molar-refractivity contribution < 1.29 is 0 Å². The smallest absolute Gasteiger partial charge is 0.104 e. The van der Waals surface area contributed by atoms with E-state index in [0.717, 1.165) is 48.4 Å². The lowest BCUT2D eigenvalue weighted by atomic mass is 10.0. The quantitative estimate of drug-likeness (QED) is 0.412. The molecule has 24 heavy (non-hydrogen) atoms. The molecule has 0 radical (unpaired) electrons. The predicted molar refractivity (Wildman–Crippen MR) is 102 cm³/mol. The van der Waals surface area contributed by atoms with Crippen LogP contribution in [0.1, 0.15) is 24.0 Å². The lowest BCUT2D eigenvalue weighted by Gasteiger charge is -2.03. The first-order chi connectivity index (χ1) is 11.7. The highest BCUT2D eigenvalue weighted by Gasteiger charge is 2.10. The highest BCUT2D eigenvalue weighted by atomic mass is 14.9. The van der Waals surface area contributed by atoms with Crippen molar-refractivity contribution in [3.63, 3.8) is 0 Å². The van der Waals surface area contributed by atoms with Crippen LogP contribution < -0.4 is 11.5 Å². The minimum atomic E-state index is 0.794. The molecule has 0 bridgehead atoms. The van der Waals surface area contributed by atoms with Gasteiger partial charge in [0.25, 0.3) is 0 Å². The summed E-state index contributed by atoms with van der Waals surface area (Å²) in [5.41, 5.74) is 17.0. The topological polar surface area (TPSA) is 83.6 Å². The molecule has 122 valence electrons. The van der Waals surface area contributed by atoms with Gasteiger partial charge in [-0.2, -0.15) is 0 Å². The van der Waals surface area contributed by atoms with E-state index in [1.807, 2.05) is 12.1 Å². The Morgan fingerprint density at radius 1 is 0.625 bits per heavy atom. The zero-order chi connectivity index (χ0) is 16.5. The van der Waals surface area contributed by atoms with Crippen molar-refractivity contribution in [1.82, 2.24) is 9.97 Å². The molecule has 0 fully saturated rings. The van der Waals surface area contributed by atoms with E-state index in [1.165, 1.54) is 21.9 Å². The molecule has 2 aromatic heterocycles. The molecule has 4 aromatic rings. The Morgan fingerprint density at radius 2 is 1.04 bits per heavy atom. The van der Waals surface area contributed by atoms with Crippen LogP contribution in [-0.4, -0.2) is 9.97 Å². The third-order valence-corrected chi connectivity index (χ3v) is 4.80. The fourth-order valence-electron chi connectivity index (χ4n) is 3.58. The maximum absolute atomic E-state index is 6.15. The minimum absolute atomic E-state index is 0.794. The van der Waals surface area contributed by atoms with Gasteiger partial charge in [-0.3, -0.25) is 0 Å². The maximum Gasteiger partial charge on any atom is 0.104 e. The van der Waals surface area contributed by atoms with E-state index in [2.05, 4.69) is 46.4 Å². The maximum atomic E-state index is 6.15. The van der Waals surface area contributed by atoms with E-state index < -0.39 is 0 Å². The van der Waals surface area contributed by atoms with Crippen molar-refractivity contribution in [3.05, 3.63) is 59.7 Å². The van der Waals surface area contributed by atoms with E-state index in [4.69, 9.17) is 11.5 Å². The molecule has 2 aromatic carbocycles. The second-order valence-corrected chi connectivity index (χ2v) is 6.33. The standard InChI is InChI=1S/C20H22N4/c21-19-15(13-7-3-5-11-17(13)23-19)9-1-2-10-16-14-8-4-6-12-18(14)24-20(16)22/h3-8,11-12,23-24H,1-2,9-10,21-22H2. The Morgan fingerprint density at radius 3 is 1.50 bits per heavy atom. The molecular weight excluding hydrogens is 296 g/mol.